The van der Waals surface area contributed by atoms with Gasteiger partial charge in [0.2, 0.25) is 0 Å². The summed E-state index contributed by atoms with van der Waals surface area (Å²) in [6, 6.07) is 4.42. The van der Waals surface area contributed by atoms with Crippen molar-refractivity contribution in [3.8, 4) is 0 Å². The van der Waals surface area contributed by atoms with E-state index in [1.807, 2.05) is 4.90 Å². The average molecular weight is 419 g/mol. The van der Waals surface area contributed by atoms with E-state index < -0.39 is 11.8 Å². The van der Waals surface area contributed by atoms with Gasteiger partial charge in [0.25, 0.3) is 5.91 Å². The van der Waals surface area contributed by atoms with Crippen LogP contribution in [0.15, 0.2) is 18.2 Å². The lowest BCUT2D eigenvalue weighted by molar-refractivity contribution is -0.134. The Morgan fingerprint density at radius 3 is 2.41 bits per heavy atom. The highest BCUT2D eigenvalue weighted by Gasteiger charge is 2.24. The summed E-state index contributed by atoms with van der Waals surface area (Å²) in [5.74, 6) is -1.48. The summed E-state index contributed by atoms with van der Waals surface area (Å²) in [7, 11) is 0. The molecule has 9 heteroatoms. The Balaban J connectivity index is 1.52. The molecule has 3 rings (SSSR count). The van der Waals surface area contributed by atoms with Gasteiger partial charge in [0.1, 0.15) is 10.7 Å². The van der Waals surface area contributed by atoms with Gasteiger partial charge in [0, 0.05) is 31.7 Å². The number of benzene rings is 1. The number of ether oxygens (including phenoxy) is 1. The number of Topliss-reactive ketones (excluding diaryl/α,β-unsaturated/α-hetero) is 1. The van der Waals surface area contributed by atoms with Crippen LogP contribution in [-0.2, 0) is 9.53 Å². The number of carbonyl (C=O) groups is 3. The highest BCUT2D eigenvalue weighted by Crippen LogP contribution is 2.22. The Labute approximate surface area is 172 Å². The van der Waals surface area contributed by atoms with E-state index in [-0.39, 0.29) is 18.3 Å². The summed E-state index contributed by atoms with van der Waals surface area (Å²) >= 11 is 1.24. The molecule has 1 aromatic heterocycles. The van der Waals surface area contributed by atoms with Gasteiger partial charge in [-0.2, -0.15) is 0 Å². The molecule has 0 N–H and O–H groups in total. The molecule has 0 aliphatic carbocycles. The molecule has 0 saturated carbocycles. The van der Waals surface area contributed by atoms with Crippen LogP contribution < -0.4 is 4.90 Å². The summed E-state index contributed by atoms with van der Waals surface area (Å²) in [4.78, 5) is 43.8. The maximum atomic E-state index is 14.3. The molecule has 0 spiro atoms. The fraction of sp³-hybridized carbons (Fsp3) is 0.400. The van der Waals surface area contributed by atoms with Crippen molar-refractivity contribution in [2.45, 2.75) is 20.8 Å². The van der Waals surface area contributed by atoms with Crippen LogP contribution >= 0.6 is 11.3 Å². The molecule has 29 heavy (non-hydrogen) atoms. The van der Waals surface area contributed by atoms with Crippen molar-refractivity contribution in [3.05, 3.63) is 45.2 Å². The number of anilines is 1. The fourth-order valence-corrected chi connectivity index (χ4v) is 4.00. The Morgan fingerprint density at radius 2 is 1.86 bits per heavy atom. The van der Waals surface area contributed by atoms with Gasteiger partial charge in [-0.15, -0.1) is 11.3 Å². The van der Waals surface area contributed by atoms with Crippen molar-refractivity contribution in [1.29, 1.82) is 0 Å². The second-order valence-corrected chi connectivity index (χ2v) is 8.02. The summed E-state index contributed by atoms with van der Waals surface area (Å²) in [6.07, 6.45) is 0. The van der Waals surface area contributed by atoms with Crippen LogP contribution in [-0.4, -0.2) is 60.3 Å². The van der Waals surface area contributed by atoms with E-state index in [0.29, 0.717) is 48.0 Å². The SMILES string of the molecule is CC(=O)c1ccc(N2CCN(C(=O)COC(=O)c3sc(C)nc3C)CC2)c(F)c1. The average Bonchev–Trinajstić information content (AvgIpc) is 3.04. The van der Waals surface area contributed by atoms with Crippen molar-refractivity contribution >= 4 is 34.7 Å². The number of nitrogens with zero attached hydrogens (tertiary/aromatic N) is 3. The quantitative estimate of drug-likeness (QED) is 0.548. The monoisotopic (exact) mass is 419 g/mol. The zero-order valence-electron chi connectivity index (χ0n) is 16.5. The number of carbonyl (C=O) groups excluding carboxylic acids is 3. The lowest BCUT2D eigenvalue weighted by atomic mass is 10.1. The minimum absolute atomic E-state index is 0.191. The first-order valence-electron chi connectivity index (χ1n) is 9.20. The molecule has 1 aliphatic rings. The maximum Gasteiger partial charge on any atom is 0.350 e. The number of halogens is 1. The molecule has 0 bridgehead atoms. The Hall–Kier alpha value is -2.81. The van der Waals surface area contributed by atoms with Gasteiger partial charge in [-0.1, -0.05) is 0 Å². The summed E-state index contributed by atoms with van der Waals surface area (Å²) in [5.41, 5.74) is 1.33. The van der Waals surface area contributed by atoms with Crippen molar-refractivity contribution in [1.82, 2.24) is 9.88 Å². The van der Waals surface area contributed by atoms with Crippen LogP contribution in [0.3, 0.4) is 0 Å². The zero-order valence-corrected chi connectivity index (χ0v) is 17.3. The molecule has 1 saturated heterocycles. The van der Waals surface area contributed by atoms with Crippen LogP contribution in [0.4, 0.5) is 10.1 Å². The smallest absolute Gasteiger partial charge is 0.350 e. The molecule has 1 amide bonds. The van der Waals surface area contributed by atoms with Crippen molar-refractivity contribution in [2.24, 2.45) is 0 Å². The highest BCUT2D eigenvalue weighted by molar-refractivity contribution is 7.13. The van der Waals surface area contributed by atoms with E-state index in [4.69, 9.17) is 4.74 Å². The molecule has 2 aromatic rings. The largest absolute Gasteiger partial charge is 0.451 e. The maximum absolute atomic E-state index is 14.3. The van der Waals surface area contributed by atoms with Crippen LogP contribution in [0, 0.1) is 19.7 Å². The molecule has 1 aliphatic heterocycles. The number of hydrogen-bond acceptors (Lipinski definition) is 7. The summed E-state index contributed by atoms with van der Waals surface area (Å²) in [5, 5.41) is 0.764. The minimum atomic E-state index is -0.548. The number of piperazine rings is 1. The predicted molar refractivity (Wildman–Crippen MR) is 107 cm³/mol. The van der Waals surface area contributed by atoms with Gasteiger partial charge < -0.3 is 14.5 Å². The molecular formula is C20H22FN3O4S. The number of rotatable bonds is 5. The molecule has 0 radical (unpaired) electrons. The summed E-state index contributed by atoms with van der Waals surface area (Å²) in [6.45, 7) is 6.26. The molecule has 0 unspecified atom stereocenters. The molecule has 1 aromatic carbocycles. The standard InChI is InChI=1S/C20H22FN3O4S/c1-12-19(29-14(3)22-12)20(27)28-11-18(26)24-8-6-23(7-9-24)17-5-4-15(13(2)25)10-16(17)21/h4-5,10H,6-9,11H2,1-3H3. The third kappa shape index (κ3) is 4.79. The van der Waals surface area contributed by atoms with Crippen LogP contribution in [0.2, 0.25) is 0 Å². The van der Waals surface area contributed by atoms with E-state index in [1.54, 1.807) is 30.9 Å². The minimum Gasteiger partial charge on any atom is -0.451 e. The van der Waals surface area contributed by atoms with E-state index in [1.165, 1.54) is 24.3 Å². The number of aryl methyl sites for hydroxylation is 2. The number of thiazole rings is 1. The lowest BCUT2D eigenvalue weighted by Crippen LogP contribution is -2.50. The first-order valence-corrected chi connectivity index (χ1v) is 10.0. The van der Waals surface area contributed by atoms with E-state index in [2.05, 4.69) is 4.98 Å². The topological polar surface area (TPSA) is 79.8 Å². The molecule has 154 valence electrons. The Bertz CT molecular complexity index is 951. The molecule has 2 heterocycles. The van der Waals surface area contributed by atoms with Crippen molar-refractivity contribution in [3.63, 3.8) is 0 Å². The van der Waals surface area contributed by atoms with Crippen molar-refractivity contribution < 1.29 is 23.5 Å². The van der Waals surface area contributed by atoms with Crippen LogP contribution in [0.5, 0.6) is 0 Å². The van der Waals surface area contributed by atoms with E-state index in [9.17, 15) is 18.8 Å². The first-order chi connectivity index (χ1) is 13.8. The number of amides is 1. The second kappa shape index (κ2) is 8.69. The normalized spacial score (nSPS) is 14.1. The molecule has 0 atom stereocenters. The lowest BCUT2D eigenvalue weighted by Gasteiger charge is -2.36. The van der Waals surface area contributed by atoms with Gasteiger partial charge in [-0.25, -0.2) is 14.2 Å². The fourth-order valence-electron chi connectivity index (χ4n) is 3.18. The number of aromatic nitrogens is 1. The summed E-state index contributed by atoms with van der Waals surface area (Å²) < 4.78 is 19.5. The first kappa shape index (κ1) is 20.9. The molecule has 1 fully saturated rings. The second-order valence-electron chi connectivity index (χ2n) is 6.81. The Morgan fingerprint density at radius 1 is 1.17 bits per heavy atom. The number of esters is 1. The predicted octanol–water partition coefficient (Wildman–Crippen LogP) is 2.61. The van der Waals surface area contributed by atoms with Crippen LogP contribution in [0.25, 0.3) is 0 Å². The molecular weight excluding hydrogens is 397 g/mol. The highest BCUT2D eigenvalue weighted by atomic mass is 32.1. The Kier molecular flexibility index (Phi) is 6.26. The van der Waals surface area contributed by atoms with E-state index >= 15 is 0 Å². The molecule has 7 nitrogen and oxygen atoms in total. The van der Waals surface area contributed by atoms with E-state index in [0.717, 1.165) is 5.01 Å². The third-order valence-corrected chi connectivity index (χ3v) is 5.80. The van der Waals surface area contributed by atoms with Gasteiger partial charge in [-0.05, 0) is 39.0 Å². The van der Waals surface area contributed by atoms with Gasteiger partial charge >= 0.3 is 5.97 Å². The van der Waals surface area contributed by atoms with Gasteiger partial charge in [-0.3, -0.25) is 9.59 Å². The van der Waals surface area contributed by atoms with Crippen LogP contribution in [0.1, 0.15) is 37.7 Å². The zero-order chi connectivity index (χ0) is 21.1. The van der Waals surface area contributed by atoms with Crippen molar-refractivity contribution in [2.75, 3.05) is 37.7 Å². The number of ketones is 1. The van der Waals surface area contributed by atoms with Gasteiger partial charge in [0.15, 0.2) is 12.4 Å². The van der Waals surface area contributed by atoms with Gasteiger partial charge in [0.05, 0.1) is 16.4 Å². The number of hydrogen-bond donors (Lipinski definition) is 0. The third-order valence-electron chi connectivity index (χ3n) is 4.74.